The third kappa shape index (κ3) is 3.34. The highest BCUT2D eigenvalue weighted by Gasteiger charge is 2.13. The summed E-state index contributed by atoms with van der Waals surface area (Å²) in [5, 5.41) is 20.4. The highest BCUT2D eigenvalue weighted by molar-refractivity contribution is 5.86. The van der Waals surface area contributed by atoms with Gasteiger partial charge in [-0.1, -0.05) is 25.1 Å². The first-order valence-corrected chi connectivity index (χ1v) is 9.10. The summed E-state index contributed by atoms with van der Waals surface area (Å²) < 4.78 is 5.82. The number of fused-ring (bicyclic) bond motifs is 1. The van der Waals surface area contributed by atoms with E-state index >= 15 is 0 Å². The Kier molecular flexibility index (Phi) is 4.57. The number of aromatic nitrogens is 1. The minimum absolute atomic E-state index is 0.0691. The fourth-order valence-electron chi connectivity index (χ4n) is 3.01. The number of benzene rings is 3. The van der Waals surface area contributed by atoms with Gasteiger partial charge in [0.05, 0.1) is 11.3 Å². The van der Waals surface area contributed by atoms with Crippen LogP contribution in [0.1, 0.15) is 23.6 Å². The Morgan fingerprint density at radius 3 is 2.75 bits per heavy atom. The molecule has 5 nitrogen and oxygen atoms in total. The van der Waals surface area contributed by atoms with Gasteiger partial charge in [-0.15, -0.1) is 0 Å². The van der Waals surface area contributed by atoms with Gasteiger partial charge in [0.1, 0.15) is 17.0 Å². The summed E-state index contributed by atoms with van der Waals surface area (Å²) in [4.78, 5) is 8.94. The summed E-state index contributed by atoms with van der Waals surface area (Å²) in [5.74, 6) is 0.617. The third-order valence-electron chi connectivity index (χ3n) is 4.69. The van der Waals surface area contributed by atoms with Crippen LogP contribution in [0.5, 0.6) is 11.5 Å². The predicted octanol–water partition coefficient (Wildman–Crippen LogP) is 5.53. The molecule has 0 amide bonds. The maximum absolute atomic E-state index is 10.3. The second kappa shape index (κ2) is 7.19. The third-order valence-corrected chi connectivity index (χ3v) is 4.69. The smallest absolute Gasteiger partial charge is 0.231 e. The maximum Gasteiger partial charge on any atom is 0.231 e. The van der Waals surface area contributed by atoms with E-state index in [1.165, 1.54) is 5.56 Å². The van der Waals surface area contributed by atoms with Crippen LogP contribution in [-0.2, 0) is 6.42 Å². The van der Waals surface area contributed by atoms with Gasteiger partial charge in [-0.2, -0.15) is 0 Å². The number of phenols is 2. The van der Waals surface area contributed by atoms with Crippen LogP contribution in [0.25, 0.3) is 22.6 Å². The number of hydrogen-bond donors (Lipinski definition) is 2. The van der Waals surface area contributed by atoms with E-state index in [-0.39, 0.29) is 11.5 Å². The molecule has 1 heterocycles. The molecule has 0 atom stereocenters. The van der Waals surface area contributed by atoms with Crippen molar-refractivity contribution in [2.24, 2.45) is 4.99 Å². The molecule has 4 rings (SSSR count). The number of phenolic OH excluding ortho intramolecular Hbond substituents is 2. The number of para-hydroxylation sites is 1. The molecule has 0 spiro atoms. The zero-order valence-electron chi connectivity index (χ0n) is 15.7. The molecule has 0 radical (unpaired) electrons. The lowest BCUT2D eigenvalue weighted by Gasteiger charge is -2.03. The number of aliphatic imine (C=N–C) groups is 1. The van der Waals surface area contributed by atoms with Crippen molar-refractivity contribution in [3.05, 3.63) is 71.3 Å². The minimum atomic E-state index is 0.0691. The topological polar surface area (TPSA) is 78.9 Å². The fourth-order valence-corrected chi connectivity index (χ4v) is 3.01. The van der Waals surface area contributed by atoms with Crippen LogP contribution in [0, 0.1) is 6.92 Å². The van der Waals surface area contributed by atoms with E-state index in [9.17, 15) is 10.2 Å². The first-order valence-electron chi connectivity index (χ1n) is 9.10. The van der Waals surface area contributed by atoms with Gasteiger partial charge >= 0.3 is 0 Å². The number of aromatic hydroxyl groups is 2. The Morgan fingerprint density at radius 2 is 1.93 bits per heavy atom. The molecule has 3 aromatic carbocycles. The van der Waals surface area contributed by atoms with Gasteiger partial charge in [-0.3, -0.25) is 4.99 Å². The number of oxazole rings is 1. The summed E-state index contributed by atoms with van der Waals surface area (Å²) in [6, 6.07) is 16.3. The van der Waals surface area contributed by atoms with Crippen LogP contribution in [0.15, 0.2) is 64.0 Å². The fraction of sp³-hybridized carbons (Fsp3) is 0.130. The SMILES string of the molecule is CCc1ccc2oc(-c3cc(N=Cc4cccc(C)c4O)ccc3O)nc2c1. The first kappa shape index (κ1) is 17.8. The lowest BCUT2D eigenvalue weighted by Crippen LogP contribution is -1.85. The molecule has 2 N–H and O–H groups in total. The average Bonchev–Trinajstić information content (AvgIpc) is 3.13. The molecule has 0 saturated carbocycles. The number of nitrogens with zero attached hydrogens (tertiary/aromatic N) is 2. The van der Waals surface area contributed by atoms with E-state index in [0.717, 1.165) is 17.5 Å². The van der Waals surface area contributed by atoms with Crippen molar-refractivity contribution in [3.8, 4) is 23.0 Å². The summed E-state index contributed by atoms with van der Waals surface area (Å²) in [6.07, 6.45) is 2.51. The van der Waals surface area contributed by atoms with Gasteiger partial charge < -0.3 is 14.6 Å². The normalized spacial score (nSPS) is 11.5. The zero-order chi connectivity index (χ0) is 19.7. The van der Waals surface area contributed by atoms with Gasteiger partial charge in [0.15, 0.2) is 5.58 Å². The maximum atomic E-state index is 10.3. The Morgan fingerprint density at radius 1 is 1.07 bits per heavy atom. The lowest BCUT2D eigenvalue weighted by atomic mass is 10.1. The summed E-state index contributed by atoms with van der Waals surface area (Å²) in [6.45, 7) is 3.92. The number of aryl methyl sites for hydroxylation is 2. The van der Waals surface area contributed by atoms with Crippen molar-refractivity contribution in [1.82, 2.24) is 4.98 Å². The van der Waals surface area contributed by atoms with Crippen LogP contribution in [0.4, 0.5) is 5.69 Å². The van der Waals surface area contributed by atoms with Crippen molar-refractivity contribution < 1.29 is 14.6 Å². The molecule has 0 aliphatic rings. The quantitative estimate of drug-likeness (QED) is 0.462. The Balaban J connectivity index is 1.71. The molecule has 0 fully saturated rings. The van der Waals surface area contributed by atoms with Gasteiger partial charge in [-0.25, -0.2) is 4.98 Å². The highest BCUT2D eigenvalue weighted by Crippen LogP contribution is 2.34. The Bertz CT molecular complexity index is 1190. The predicted molar refractivity (Wildman–Crippen MR) is 111 cm³/mol. The monoisotopic (exact) mass is 372 g/mol. The van der Waals surface area contributed by atoms with E-state index in [2.05, 4.69) is 16.9 Å². The Labute approximate surface area is 162 Å². The van der Waals surface area contributed by atoms with Crippen LogP contribution >= 0.6 is 0 Å². The van der Waals surface area contributed by atoms with E-state index < -0.39 is 0 Å². The van der Waals surface area contributed by atoms with Crippen LogP contribution in [-0.4, -0.2) is 21.4 Å². The van der Waals surface area contributed by atoms with Crippen molar-refractivity contribution in [2.45, 2.75) is 20.3 Å². The molecule has 0 bridgehead atoms. The van der Waals surface area contributed by atoms with Crippen LogP contribution in [0.3, 0.4) is 0 Å². The zero-order valence-corrected chi connectivity index (χ0v) is 15.7. The van der Waals surface area contributed by atoms with Crippen molar-refractivity contribution in [2.75, 3.05) is 0 Å². The van der Waals surface area contributed by atoms with E-state index in [1.807, 2.05) is 37.3 Å². The molecular weight excluding hydrogens is 352 g/mol. The van der Waals surface area contributed by atoms with Crippen LogP contribution in [0.2, 0.25) is 0 Å². The Hall–Kier alpha value is -3.60. The van der Waals surface area contributed by atoms with Gasteiger partial charge in [-0.05, 0) is 60.9 Å². The minimum Gasteiger partial charge on any atom is -0.507 e. The van der Waals surface area contributed by atoms with Gasteiger partial charge in [0.2, 0.25) is 5.89 Å². The molecule has 1 aromatic heterocycles. The molecule has 28 heavy (non-hydrogen) atoms. The second-order valence-corrected chi connectivity index (χ2v) is 6.65. The largest absolute Gasteiger partial charge is 0.507 e. The van der Waals surface area contributed by atoms with Crippen LogP contribution < -0.4 is 0 Å². The number of rotatable bonds is 4. The lowest BCUT2D eigenvalue weighted by molar-refractivity contribution is 0.470. The van der Waals surface area contributed by atoms with E-state index in [1.54, 1.807) is 30.5 Å². The molecular formula is C23H20N2O3. The van der Waals surface area contributed by atoms with Crippen molar-refractivity contribution in [1.29, 1.82) is 0 Å². The summed E-state index contributed by atoms with van der Waals surface area (Å²) >= 11 is 0. The van der Waals surface area contributed by atoms with Crippen molar-refractivity contribution >= 4 is 23.0 Å². The average molecular weight is 372 g/mol. The molecule has 4 aromatic rings. The molecule has 0 saturated heterocycles. The highest BCUT2D eigenvalue weighted by atomic mass is 16.3. The first-order chi connectivity index (χ1) is 13.5. The molecule has 140 valence electrons. The van der Waals surface area contributed by atoms with Crippen molar-refractivity contribution in [3.63, 3.8) is 0 Å². The number of hydrogen-bond acceptors (Lipinski definition) is 5. The van der Waals surface area contributed by atoms with Gasteiger partial charge in [0.25, 0.3) is 0 Å². The molecule has 0 aliphatic carbocycles. The van der Waals surface area contributed by atoms with Gasteiger partial charge in [0, 0.05) is 11.8 Å². The molecule has 0 unspecified atom stereocenters. The van der Waals surface area contributed by atoms with E-state index in [4.69, 9.17) is 4.42 Å². The molecule has 0 aliphatic heterocycles. The van der Waals surface area contributed by atoms with E-state index in [0.29, 0.717) is 28.3 Å². The standard InChI is InChI=1S/C23H20N2O3/c1-3-15-7-10-21-19(11-15)25-23(28-21)18-12-17(8-9-20(18)26)24-13-16-6-4-5-14(2)22(16)27/h4-13,26-27H,3H2,1-2H3. The molecule has 5 heteroatoms. The second-order valence-electron chi connectivity index (χ2n) is 6.65. The summed E-state index contributed by atoms with van der Waals surface area (Å²) in [5.41, 5.74) is 5.10. The summed E-state index contributed by atoms with van der Waals surface area (Å²) in [7, 11) is 0.